The van der Waals surface area contributed by atoms with Crippen LogP contribution in [0.3, 0.4) is 0 Å². The maximum atomic E-state index is 13.4. The maximum Gasteiger partial charge on any atom is 0.323 e. The van der Waals surface area contributed by atoms with Crippen molar-refractivity contribution in [2.24, 2.45) is 0 Å². The van der Waals surface area contributed by atoms with Crippen molar-refractivity contribution in [2.75, 3.05) is 88.2 Å². The van der Waals surface area contributed by atoms with Crippen LogP contribution in [0, 0.1) is 0 Å². The van der Waals surface area contributed by atoms with Crippen molar-refractivity contribution in [1.29, 1.82) is 0 Å². The summed E-state index contributed by atoms with van der Waals surface area (Å²) < 4.78 is 21.3. The Morgan fingerprint density at radius 2 is 1.48 bits per heavy atom. The molecule has 0 unspecified atom stereocenters. The molecule has 3 aromatic carbocycles. The van der Waals surface area contributed by atoms with Gasteiger partial charge in [-0.15, -0.1) is 0 Å². The molecule has 11 nitrogen and oxygen atoms in total. The number of para-hydroxylation sites is 2. The van der Waals surface area contributed by atoms with Crippen molar-refractivity contribution in [3.63, 3.8) is 0 Å². The molecule has 0 aromatic heterocycles. The second-order valence-electron chi connectivity index (χ2n) is 9.63. The molecule has 0 spiro atoms. The summed E-state index contributed by atoms with van der Waals surface area (Å²) in [5.41, 5.74) is 3.31. The molecular formula is C31H39N5O6. The third-order valence-electron chi connectivity index (χ3n) is 7.01. The summed E-state index contributed by atoms with van der Waals surface area (Å²) in [6.07, 6.45) is 0.694. The van der Waals surface area contributed by atoms with Gasteiger partial charge in [0.1, 0.15) is 17.2 Å². The van der Waals surface area contributed by atoms with Crippen molar-refractivity contribution in [1.82, 2.24) is 5.32 Å². The fourth-order valence-electron chi connectivity index (χ4n) is 4.85. The van der Waals surface area contributed by atoms with E-state index in [4.69, 9.17) is 18.9 Å². The van der Waals surface area contributed by atoms with E-state index in [1.807, 2.05) is 24.3 Å². The van der Waals surface area contributed by atoms with Gasteiger partial charge in [-0.25, -0.2) is 4.79 Å². The van der Waals surface area contributed by atoms with Crippen LogP contribution >= 0.6 is 0 Å². The number of hydrogen-bond acceptors (Lipinski definition) is 8. The lowest BCUT2D eigenvalue weighted by Crippen LogP contribution is -2.47. The van der Waals surface area contributed by atoms with Crippen molar-refractivity contribution >= 4 is 34.7 Å². The van der Waals surface area contributed by atoms with E-state index in [0.29, 0.717) is 61.1 Å². The zero-order chi connectivity index (χ0) is 29.9. The highest BCUT2D eigenvalue weighted by atomic mass is 16.5. The van der Waals surface area contributed by atoms with Gasteiger partial charge in [0.05, 0.1) is 38.3 Å². The van der Waals surface area contributed by atoms with E-state index in [0.717, 1.165) is 30.2 Å². The summed E-state index contributed by atoms with van der Waals surface area (Å²) in [4.78, 5) is 30.7. The Labute approximate surface area is 246 Å². The zero-order valence-electron chi connectivity index (χ0n) is 24.6. The lowest BCUT2D eigenvalue weighted by atomic mass is 10.1. The van der Waals surface area contributed by atoms with Gasteiger partial charge in [-0.05, 0) is 48.9 Å². The van der Waals surface area contributed by atoms with Crippen LogP contribution in [0.15, 0.2) is 60.7 Å². The highest BCUT2D eigenvalue weighted by Gasteiger charge is 2.24. The molecule has 1 fully saturated rings. The van der Waals surface area contributed by atoms with Crippen molar-refractivity contribution in [2.45, 2.75) is 6.42 Å². The number of methoxy groups -OCH3 is 4. The first kappa shape index (κ1) is 30.3. The SMILES string of the molecule is COCCCNC(=O)c1cc(NC(=O)Nc2ccc(OC)cc2OC)ccc1N1CCN(c2ccccc2OC)CC1. The number of benzene rings is 3. The number of carbonyl (C=O) groups excluding carboxylic acids is 2. The molecule has 1 aliphatic rings. The Hall–Kier alpha value is -4.64. The first-order chi connectivity index (χ1) is 20.5. The Balaban J connectivity index is 1.50. The molecule has 0 atom stereocenters. The van der Waals surface area contributed by atoms with Gasteiger partial charge in [-0.2, -0.15) is 0 Å². The van der Waals surface area contributed by atoms with Crippen LogP contribution in [-0.2, 0) is 4.74 Å². The highest BCUT2D eigenvalue weighted by Crippen LogP contribution is 2.32. The minimum Gasteiger partial charge on any atom is -0.497 e. The van der Waals surface area contributed by atoms with Crippen molar-refractivity contribution < 1.29 is 28.5 Å². The fraction of sp³-hybridized carbons (Fsp3) is 0.355. The van der Waals surface area contributed by atoms with Crippen LogP contribution in [0.25, 0.3) is 0 Å². The third-order valence-corrected chi connectivity index (χ3v) is 7.01. The first-order valence-corrected chi connectivity index (χ1v) is 13.8. The number of urea groups is 1. The highest BCUT2D eigenvalue weighted by molar-refractivity contribution is 6.04. The van der Waals surface area contributed by atoms with Crippen molar-refractivity contribution in [3.8, 4) is 17.2 Å². The average Bonchev–Trinajstić information content (AvgIpc) is 3.03. The number of carbonyl (C=O) groups is 2. The Morgan fingerprint density at radius 1 is 0.762 bits per heavy atom. The Kier molecular flexibility index (Phi) is 10.7. The van der Waals surface area contributed by atoms with E-state index in [1.165, 1.54) is 7.11 Å². The number of anilines is 4. The minimum absolute atomic E-state index is 0.214. The molecule has 1 aliphatic heterocycles. The predicted octanol–water partition coefficient (Wildman–Crippen LogP) is 4.45. The summed E-state index contributed by atoms with van der Waals surface area (Å²) in [5.74, 6) is 1.69. The van der Waals surface area contributed by atoms with E-state index in [2.05, 4.69) is 31.8 Å². The lowest BCUT2D eigenvalue weighted by molar-refractivity contribution is 0.0949. The Morgan fingerprint density at radius 3 is 2.17 bits per heavy atom. The predicted molar refractivity (Wildman–Crippen MR) is 165 cm³/mol. The van der Waals surface area contributed by atoms with Gasteiger partial charge in [0.15, 0.2) is 0 Å². The topological polar surface area (TPSA) is 114 Å². The van der Waals surface area contributed by atoms with E-state index in [9.17, 15) is 9.59 Å². The van der Waals surface area contributed by atoms with E-state index < -0.39 is 6.03 Å². The molecule has 224 valence electrons. The molecule has 3 aromatic rings. The molecule has 0 saturated carbocycles. The van der Waals surface area contributed by atoms with E-state index in [-0.39, 0.29) is 5.91 Å². The van der Waals surface area contributed by atoms with Gasteiger partial charge in [0, 0.05) is 63.9 Å². The molecule has 3 amide bonds. The molecule has 0 bridgehead atoms. The quantitative estimate of drug-likeness (QED) is 0.271. The Bertz CT molecular complexity index is 1360. The van der Waals surface area contributed by atoms with Crippen molar-refractivity contribution in [3.05, 3.63) is 66.2 Å². The normalized spacial score (nSPS) is 12.9. The van der Waals surface area contributed by atoms with E-state index in [1.54, 1.807) is 51.7 Å². The smallest absolute Gasteiger partial charge is 0.323 e. The lowest BCUT2D eigenvalue weighted by Gasteiger charge is -2.38. The van der Waals surface area contributed by atoms with Gasteiger partial charge < -0.3 is 44.7 Å². The van der Waals surface area contributed by atoms with Gasteiger partial charge in [-0.1, -0.05) is 12.1 Å². The number of piperazine rings is 1. The van der Waals surface area contributed by atoms with Crippen LogP contribution in [0.1, 0.15) is 16.8 Å². The molecule has 3 N–H and O–H groups in total. The summed E-state index contributed by atoms with van der Waals surface area (Å²) in [6, 6.07) is 18.0. The van der Waals surface area contributed by atoms with Crippen LogP contribution in [0.4, 0.5) is 27.5 Å². The number of nitrogens with zero attached hydrogens (tertiary/aromatic N) is 2. The number of amides is 3. The van der Waals surface area contributed by atoms with Gasteiger partial charge >= 0.3 is 6.03 Å². The molecular weight excluding hydrogens is 538 g/mol. The molecule has 1 heterocycles. The summed E-state index contributed by atoms with van der Waals surface area (Å²) in [6.45, 7) is 3.99. The number of rotatable bonds is 12. The van der Waals surface area contributed by atoms with Gasteiger partial charge in [0.25, 0.3) is 5.91 Å². The third kappa shape index (κ3) is 7.55. The number of nitrogens with one attached hydrogen (secondary N) is 3. The standard InChI is InChI=1S/C31H39N5O6/c1-39-19-7-14-32-30(37)24-20-22(33-31(38)34-25-12-11-23(40-2)21-29(25)42-4)10-13-26(24)35-15-17-36(18-16-35)27-8-5-6-9-28(27)41-3/h5-6,8-13,20-21H,7,14-19H2,1-4H3,(H,32,37)(H2,33,34,38). The largest absolute Gasteiger partial charge is 0.497 e. The number of ether oxygens (including phenoxy) is 4. The summed E-state index contributed by atoms with van der Waals surface area (Å²) >= 11 is 0. The maximum absolute atomic E-state index is 13.4. The van der Waals surface area contributed by atoms with Crippen LogP contribution in [0.2, 0.25) is 0 Å². The minimum atomic E-state index is -0.469. The molecule has 4 rings (SSSR count). The second kappa shape index (κ2) is 14.8. The fourth-order valence-corrected chi connectivity index (χ4v) is 4.85. The van der Waals surface area contributed by atoms with Crippen LogP contribution in [0.5, 0.6) is 17.2 Å². The average molecular weight is 578 g/mol. The summed E-state index contributed by atoms with van der Waals surface area (Å²) in [5, 5.41) is 8.61. The zero-order valence-corrected chi connectivity index (χ0v) is 24.6. The molecule has 1 saturated heterocycles. The second-order valence-corrected chi connectivity index (χ2v) is 9.63. The number of hydrogen-bond donors (Lipinski definition) is 3. The van der Waals surface area contributed by atoms with E-state index >= 15 is 0 Å². The first-order valence-electron chi connectivity index (χ1n) is 13.8. The molecule has 42 heavy (non-hydrogen) atoms. The van der Waals surface area contributed by atoms with Gasteiger partial charge in [0.2, 0.25) is 0 Å². The summed E-state index contributed by atoms with van der Waals surface area (Å²) in [7, 11) is 6.39. The molecule has 11 heteroatoms. The van der Waals surface area contributed by atoms with Crippen LogP contribution < -0.4 is 40.0 Å². The molecule has 0 radical (unpaired) electrons. The van der Waals surface area contributed by atoms with Gasteiger partial charge in [-0.3, -0.25) is 4.79 Å². The van der Waals surface area contributed by atoms with Crippen LogP contribution in [-0.4, -0.2) is 79.7 Å². The molecule has 0 aliphatic carbocycles. The monoisotopic (exact) mass is 577 g/mol.